The maximum atomic E-state index is 12.8. The Bertz CT molecular complexity index is 1350. The van der Waals surface area contributed by atoms with E-state index in [1.807, 2.05) is 0 Å². The van der Waals surface area contributed by atoms with Gasteiger partial charge in [-0.1, -0.05) is 214 Å². The topological polar surface area (TPSA) is 78.9 Å². The summed E-state index contributed by atoms with van der Waals surface area (Å²) in [6.07, 6.45) is 72.5. The smallest absolute Gasteiger partial charge is 0.306 e. The zero-order valence-electron chi connectivity index (χ0n) is 43.6. The maximum Gasteiger partial charge on any atom is 0.306 e. The monoisotopic (exact) mass is 931 g/mol. The van der Waals surface area contributed by atoms with Crippen molar-refractivity contribution < 1.29 is 28.6 Å². The van der Waals surface area contributed by atoms with Crippen LogP contribution in [0.2, 0.25) is 0 Å². The summed E-state index contributed by atoms with van der Waals surface area (Å²) in [5, 5.41) is 0. The second-order valence-electron chi connectivity index (χ2n) is 18.1. The summed E-state index contributed by atoms with van der Waals surface area (Å²) in [6.45, 7) is 6.44. The summed E-state index contributed by atoms with van der Waals surface area (Å²) in [5.74, 6) is -0.981. The van der Waals surface area contributed by atoms with Gasteiger partial charge in [-0.15, -0.1) is 0 Å². The van der Waals surface area contributed by atoms with Crippen LogP contribution in [0.4, 0.5) is 0 Å². The van der Waals surface area contributed by atoms with Crippen molar-refractivity contribution in [1.29, 1.82) is 0 Å². The van der Waals surface area contributed by atoms with Crippen LogP contribution in [0.15, 0.2) is 97.2 Å². The number of hydrogen-bond acceptors (Lipinski definition) is 6. The molecule has 0 radical (unpaired) electrons. The minimum atomic E-state index is -0.815. The molecule has 0 heterocycles. The number of allylic oxidation sites excluding steroid dienone is 16. The first-order valence-electron chi connectivity index (χ1n) is 27.7. The third-order valence-electron chi connectivity index (χ3n) is 11.5. The van der Waals surface area contributed by atoms with E-state index in [1.54, 1.807) is 0 Å². The Kier molecular flexibility index (Phi) is 51.9. The Morgan fingerprint density at radius 1 is 0.313 bits per heavy atom. The van der Waals surface area contributed by atoms with Gasteiger partial charge < -0.3 is 14.2 Å². The van der Waals surface area contributed by atoms with Gasteiger partial charge in [0, 0.05) is 19.3 Å². The SMILES string of the molecule is CC/C=C\C/C=C\C/C=C\C/C=C\C/C=C\CCCC(=O)OC(COC(=O)CCCCCCC/C=C\CCCCCCC)COC(=O)CCCCCCCCC/C=C\C/C=C\CCCCCC. The third kappa shape index (κ3) is 53.2. The fourth-order valence-corrected chi connectivity index (χ4v) is 7.38. The molecule has 0 bridgehead atoms. The second kappa shape index (κ2) is 54.9. The van der Waals surface area contributed by atoms with Crippen LogP contribution in [0.1, 0.15) is 252 Å². The molecule has 0 aliphatic rings. The lowest BCUT2D eigenvalue weighted by Crippen LogP contribution is -2.30. The first-order chi connectivity index (χ1) is 33.0. The van der Waals surface area contributed by atoms with E-state index in [0.29, 0.717) is 19.3 Å². The molecular formula is C61H102O6. The summed E-state index contributed by atoms with van der Waals surface area (Å²) < 4.78 is 16.8. The fraction of sp³-hybridized carbons (Fsp3) is 0.689. The highest BCUT2D eigenvalue weighted by Crippen LogP contribution is 2.13. The molecule has 0 aliphatic heterocycles. The average Bonchev–Trinajstić information content (AvgIpc) is 3.33. The molecule has 0 saturated heterocycles. The van der Waals surface area contributed by atoms with Crippen molar-refractivity contribution in [1.82, 2.24) is 0 Å². The van der Waals surface area contributed by atoms with Crippen molar-refractivity contribution in [3.05, 3.63) is 97.2 Å². The van der Waals surface area contributed by atoms with Gasteiger partial charge in [0.2, 0.25) is 0 Å². The van der Waals surface area contributed by atoms with Crippen molar-refractivity contribution in [3.63, 3.8) is 0 Å². The van der Waals surface area contributed by atoms with Crippen LogP contribution in [0, 0.1) is 0 Å². The van der Waals surface area contributed by atoms with Crippen molar-refractivity contribution in [3.8, 4) is 0 Å². The number of rotatable bonds is 49. The van der Waals surface area contributed by atoms with E-state index < -0.39 is 6.10 Å². The predicted molar refractivity (Wildman–Crippen MR) is 288 cm³/mol. The fourth-order valence-electron chi connectivity index (χ4n) is 7.38. The van der Waals surface area contributed by atoms with Gasteiger partial charge in [0.05, 0.1) is 0 Å². The molecule has 0 spiro atoms. The molecule has 0 aromatic rings. The van der Waals surface area contributed by atoms with Crippen LogP contribution in [0.25, 0.3) is 0 Å². The number of hydrogen-bond donors (Lipinski definition) is 0. The van der Waals surface area contributed by atoms with Crippen molar-refractivity contribution >= 4 is 17.9 Å². The first-order valence-corrected chi connectivity index (χ1v) is 27.7. The highest BCUT2D eigenvalue weighted by atomic mass is 16.6. The molecule has 6 heteroatoms. The Morgan fingerprint density at radius 2 is 0.597 bits per heavy atom. The van der Waals surface area contributed by atoms with Gasteiger partial charge >= 0.3 is 17.9 Å². The van der Waals surface area contributed by atoms with Gasteiger partial charge in [-0.05, 0) is 116 Å². The molecular weight excluding hydrogens is 829 g/mol. The number of carbonyl (C=O) groups excluding carboxylic acids is 3. The largest absolute Gasteiger partial charge is 0.462 e. The van der Waals surface area contributed by atoms with E-state index in [4.69, 9.17) is 14.2 Å². The lowest BCUT2D eigenvalue weighted by Gasteiger charge is -2.18. The van der Waals surface area contributed by atoms with Gasteiger partial charge in [-0.3, -0.25) is 14.4 Å². The highest BCUT2D eigenvalue weighted by Gasteiger charge is 2.19. The second-order valence-corrected chi connectivity index (χ2v) is 18.1. The predicted octanol–water partition coefficient (Wildman–Crippen LogP) is 18.5. The van der Waals surface area contributed by atoms with Gasteiger partial charge in [-0.25, -0.2) is 0 Å². The molecule has 0 aromatic carbocycles. The maximum absolute atomic E-state index is 12.8. The number of esters is 3. The quantitative estimate of drug-likeness (QED) is 0.0262. The molecule has 0 N–H and O–H groups in total. The molecule has 1 unspecified atom stereocenters. The zero-order valence-corrected chi connectivity index (χ0v) is 43.6. The van der Waals surface area contributed by atoms with E-state index in [9.17, 15) is 14.4 Å². The number of carbonyl (C=O) groups is 3. The van der Waals surface area contributed by atoms with Gasteiger partial charge in [0.25, 0.3) is 0 Å². The zero-order chi connectivity index (χ0) is 48.6. The number of unbranched alkanes of at least 4 members (excludes halogenated alkanes) is 22. The normalized spacial score (nSPS) is 12.8. The minimum Gasteiger partial charge on any atom is -0.462 e. The van der Waals surface area contributed by atoms with E-state index in [0.717, 1.165) is 103 Å². The van der Waals surface area contributed by atoms with E-state index in [1.165, 1.54) is 103 Å². The Balaban J connectivity index is 4.50. The molecule has 382 valence electrons. The first kappa shape index (κ1) is 63.3. The molecule has 1 atom stereocenters. The summed E-state index contributed by atoms with van der Waals surface area (Å²) in [7, 11) is 0. The molecule has 0 aromatic heterocycles. The molecule has 0 saturated carbocycles. The van der Waals surface area contributed by atoms with E-state index in [2.05, 4.69) is 118 Å². The lowest BCUT2D eigenvalue weighted by atomic mass is 10.1. The molecule has 67 heavy (non-hydrogen) atoms. The summed E-state index contributed by atoms with van der Waals surface area (Å²) in [6, 6.07) is 0. The standard InChI is InChI=1S/C61H102O6/c1-4-7-10-13-16-19-22-25-28-30-32-33-36-39-42-45-48-51-54-60(63)66-57-58(56-65-59(62)53-50-47-44-41-38-35-27-24-21-18-15-12-9-6-3)67-61(64)55-52-49-46-43-40-37-34-31-29-26-23-20-17-14-11-8-5-2/h8,11,17,19-20,22,24,26-30,34,37,43,46,58H,4-7,9-10,12-16,18,21,23,25,31-33,35-36,38-42,44-45,47-57H2,1-3H3/b11-8-,20-17-,22-19-,27-24-,29-26-,30-28-,37-34-,46-43-. The van der Waals surface area contributed by atoms with Gasteiger partial charge in [-0.2, -0.15) is 0 Å². The molecule has 0 rings (SSSR count). The molecule has 0 fully saturated rings. The van der Waals surface area contributed by atoms with Crippen LogP contribution in [-0.2, 0) is 28.6 Å². The molecule has 0 aliphatic carbocycles. The molecule has 6 nitrogen and oxygen atoms in total. The van der Waals surface area contributed by atoms with Crippen molar-refractivity contribution in [2.75, 3.05) is 13.2 Å². The Morgan fingerprint density at radius 3 is 0.985 bits per heavy atom. The van der Waals surface area contributed by atoms with Crippen LogP contribution in [-0.4, -0.2) is 37.2 Å². The minimum absolute atomic E-state index is 0.107. The van der Waals surface area contributed by atoms with Crippen LogP contribution < -0.4 is 0 Å². The van der Waals surface area contributed by atoms with Crippen molar-refractivity contribution in [2.45, 2.75) is 258 Å². The average molecular weight is 931 g/mol. The molecule has 0 amide bonds. The van der Waals surface area contributed by atoms with Crippen LogP contribution in [0.5, 0.6) is 0 Å². The van der Waals surface area contributed by atoms with Crippen LogP contribution >= 0.6 is 0 Å². The summed E-state index contributed by atoms with van der Waals surface area (Å²) >= 11 is 0. The summed E-state index contributed by atoms with van der Waals surface area (Å²) in [4.78, 5) is 38.1. The highest BCUT2D eigenvalue weighted by molar-refractivity contribution is 5.71. The van der Waals surface area contributed by atoms with Crippen LogP contribution in [0.3, 0.4) is 0 Å². The lowest BCUT2D eigenvalue weighted by molar-refractivity contribution is -0.167. The van der Waals surface area contributed by atoms with E-state index in [-0.39, 0.29) is 37.5 Å². The Hall–Kier alpha value is -3.67. The van der Waals surface area contributed by atoms with E-state index >= 15 is 0 Å². The van der Waals surface area contributed by atoms with Gasteiger partial charge in [0.15, 0.2) is 6.10 Å². The Labute approximate surface area is 413 Å². The summed E-state index contributed by atoms with van der Waals surface area (Å²) in [5.41, 5.74) is 0. The third-order valence-corrected chi connectivity index (χ3v) is 11.5. The van der Waals surface area contributed by atoms with Crippen molar-refractivity contribution in [2.24, 2.45) is 0 Å². The number of ether oxygens (including phenoxy) is 3. The van der Waals surface area contributed by atoms with Gasteiger partial charge in [0.1, 0.15) is 13.2 Å².